The topological polar surface area (TPSA) is 67.9 Å². The molecule has 0 spiro atoms. The lowest BCUT2D eigenvalue weighted by Crippen LogP contribution is -2.17. The second-order valence-electron chi connectivity index (χ2n) is 4.39. The normalized spacial score (nSPS) is 12.8. The molecule has 0 aliphatic carbocycles. The Bertz CT molecular complexity index is 490. The predicted octanol–water partition coefficient (Wildman–Crippen LogP) is 0.460. The Labute approximate surface area is 106 Å². The number of nitrogens with zero attached hydrogens (tertiary/aromatic N) is 4. The van der Waals surface area contributed by atoms with E-state index in [1.807, 2.05) is 31.8 Å². The molecule has 0 fully saturated rings. The van der Waals surface area contributed by atoms with E-state index in [0.29, 0.717) is 6.54 Å². The lowest BCUT2D eigenvalue weighted by molar-refractivity contribution is 0.269. The van der Waals surface area contributed by atoms with Gasteiger partial charge in [-0.05, 0) is 6.92 Å². The summed E-state index contributed by atoms with van der Waals surface area (Å²) in [6.07, 6.45) is 7.64. The van der Waals surface area contributed by atoms with E-state index < -0.39 is 0 Å². The lowest BCUT2D eigenvalue weighted by Gasteiger charge is -2.10. The zero-order valence-electron chi connectivity index (χ0n) is 10.7. The maximum atomic E-state index is 8.81. The van der Waals surface area contributed by atoms with Crippen LogP contribution in [0, 0.1) is 0 Å². The number of rotatable bonds is 6. The summed E-state index contributed by atoms with van der Waals surface area (Å²) in [6, 6.07) is 0.250. The van der Waals surface area contributed by atoms with Gasteiger partial charge in [-0.2, -0.15) is 10.2 Å². The van der Waals surface area contributed by atoms with E-state index in [4.69, 9.17) is 5.11 Å². The van der Waals surface area contributed by atoms with Crippen LogP contribution < -0.4 is 5.32 Å². The monoisotopic (exact) mass is 249 g/mol. The zero-order chi connectivity index (χ0) is 13.0. The van der Waals surface area contributed by atoms with Gasteiger partial charge in [0.1, 0.15) is 0 Å². The van der Waals surface area contributed by atoms with Gasteiger partial charge in [0.2, 0.25) is 0 Å². The molecule has 1 atom stereocenters. The van der Waals surface area contributed by atoms with Gasteiger partial charge in [-0.3, -0.25) is 9.36 Å². The number of aliphatic hydroxyl groups excluding tert-OH is 1. The van der Waals surface area contributed by atoms with Crippen molar-refractivity contribution in [2.24, 2.45) is 7.05 Å². The molecule has 0 saturated carbocycles. The van der Waals surface area contributed by atoms with Crippen molar-refractivity contribution in [3.8, 4) is 0 Å². The van der Waals surface area contributed by atoms with Gasteiger partial charge in [0, 0.05) is 43.2 Å². The molecule has 6 heteroatoms. The Morgan fingerprint density at radius 1 is 1.33 bits per heavy atom. The Balaban J connectivity index is 1.86. The minimum absolute atomic E-state index is 0.112. The van der Waals surface area contributed by atoms with Crippen LogP contribution >= 0.6 is 0 Å². The molecule has 0 saturated heterocycles. The molecule has 6 nitrogen and oxygen atoms in total. The number of aliphatic hydroxyl groups is 1. The molecule has 98 valence electrons. The first-order valence-electron chi connectivity index (χ1n) is 6.03. The maximum absolute atomic E-state index is 8.81. The summed E-state index contributed by atoms with van der Waals surface area (Å²) in [7, 11) is 1.91. The van der Waals surface area contributed by atoms with Crippen LogP contribution in [0.15, 0.2) is 24.8 Å². The fourth-order valence-electron chi connectivity index (χ4n) is 1.77. The van der Waals surface area contributed by atoms with Gasteiger partial charge in [0.25, 0.3) is 0 Å². The van der Waals surface area contributed by atoms with Crippen LogP contribution in [0.25, 0.3) is 0 Å². The highest BCUT2D eigenvalue weighted by Crippen LogP contribution is 2.11. The molecule has 0 radical (unpaired) electrons. The summed E-state index contributed by atoms with van der Waals surface area (Å²) in [5, 5.41) is 20.5. The number of hydrogen-bond acceptors (Lipinski definition) is 4. The standard InChI is InChI=1S/C12H19N5O/c1-10(12-7-14-16(2)9-12)13-5-11-6-15-17(8-11)3-4-18/h6-10,13,18H,3-5H2,1-2H3. The molecular weight excluding hydrogens is 230 g/mol. The molecule has 0 bridgehead atoms. The number of nitrogens with one attached hydrogen (secondary N) is 1. The second-order valence-corrected chi connectivity index (χ2v) is 4.39. The molecule has 0 aromatic carbocycles. The van der Waals surface area contributed by atoms with Crippen molar-refractivity contribution in [2.45, 2.75) is 26.1 Å². The zero-order valence-corrected chi connectivity index (χ0v) is 10.7. The van der Waals surface area contributed by atoms with Crippen LogP contribution in [0.1, 0.15) is 24.1 Å². The van der Waals surface area contributed by atoms with Gasteiger partial charge in [0.15, 0.2) is 0 Å². The number of aryl methyl sites for hydroxylation is 1. The van der Waals surface area contributed by atoms with E-state index in [1.165, 1.54) is 5.56 Å². The first kappa shape index (κ1) is 12.8. The fourth-order valence-corrected chi connectivity index (χ4v) is 1.77. The van der Waals surface area contributed by atoms with E-state index >= 15 is 0 Å². The Morgan fingerprint density at radius 3 is 2.83 bits per heavy atom. The SMILES string of the molecule is CC(NCc1cnn(CCO)c1)c1cnn(C)c1. The third-order valence-corrected chi connectivity index (χ3v) is 2.85. The molecule has 0 aliphatic rings. The first-order valence-corrected chi connectivity index (χ1v) is 6.03. The molecule has 0 aliphatic heterocycles. The molecule has 2 N–H and O–H groups in total. The maximum Gasteiger partial charge on any atom is 0.0640 e. The Morgan fingerprint density at radius 2 is 2.17 bits per heavy atom. The number of aromatic nitrogens is 4. The van der Waals surface area contributed by atoms with Crippen LogP contribution in [0.3, 0.4) is 0 Å². The second kappa shape index (κ2) is 5.79. The van der Waals surface area contributed by atoms with Gasteiger partial charge in [-0.25, -0.2) is 0 Å². The van der Waals surface area contributed by atoms with Crippen molar-refractivity contribution in [1.82, 2.24) is 24.9 Å². The average Bonchev–Trinajstić information content (AvgIpc) is 2.96. The molecule has 2 rings (SSSR count). The Kier molecular flexibility index (Phi) is 4.11. The van der Waals surface area contributed by atoms with E-state index in [0.717, 1.165) is 12.1 Å². The highest BCUT2D eigenvalue weighted by atomic mass is 16.3. The van der Waals surface area contributed by atoms with Crippen LogP contribution in [0.2, 0.25) is 0 Å². The third kappa shape index (κ3) is 3.18. The summed E-state index contributed by atoms with van der Waals surface area (Å²) < 4.78 is 3.54. The van der Waals surface area contributed by atoms with Crippen molar-refractivity contribution in [2.75, 3.05) is 6.61 Å². The van der Waals surface area contributed by atoms with Crippen molar-refractivity contribution >= 4 is 0 Å². The fraction of sp³-hybridized carbons (Fsp3) is 0.500. The van der Waals surface area contributed by atoms with Crippen molar-refractivity contribution in [1.29, 1.82) is 0 Å². The summed E-state index contributed by atoms with van der Waals surface area (Å²) in [5.41, 5.74) is 2.28. The highest BCUT2D eigenvalue weighted by Gasteiger charge is 2.07. The van der Waals surface area contributed by atoms with Crippen LogP contribution in [0.5, 0.6) is 0 Å². The molecular formula is C12H19N5O. The Hall–Kier alpha value is -1.66. The predicted molar refractivity (Wildman–Crippen MR) is 67.8 cm³/mol. The summed E-state index contributed by atoms with van der Waals surface area (Å²) in [6.45, 7) is 3.51. The summed E-state index contributed by atoms with van der Waals surface area (Å²) >= 11 is 0. The van der Waals surface area contributed by atoms with Crippen molar-refractivity contribution in [3.63, 3.8) is 0 Å². The largest absolute Gasteiger partial charge is 0.394 e. The van der Waals surface area contributed by atoms with Gasteiger partial charge in [-0.15, -0.1) is 0 Å². The van der Waals surface area contributed by atoms with Crippen molar-refractivity contribution < 1.29 is 5.11 Å². The van der Waals surface area contributed by atoms with E-state index in [-0.39, 0.29) is 12.6 Å². The quantitative estimate of drug-likeness (QED) is 0.780. The first-order chi connectivity index (χ1) is 8.69. The van der Waals surface area contributed by atoms with Gasteiger partial charge in [-0.1, -0.05) is 0 Å². The molecule has 2 aromatic heterocycles. The lowest BCUT2D eigenvalue weighted by atomic mass is 10.2. The molecule has 18 heavy (non-hydrogen) atoms. The molecule has 0 amide bonds. The molecule has 2 heterocycles. The minimum atomic E-state index is 0.112. The van der Waals surface area contributed by atoms with Crippen LogP contribution in [-0.4, -0.2) is 31.3 Å². The van der Waals surface area contributed by atoms with Crippen LogP contribution in [0.4, 0.5) is 0 Å². The average molecular weight is 249 g/mol. The van der Waals surface area contributed by atoms with E-state index in [9.17, 15) is 0 Å². The van der Waals surface area contributed by atoms with Crippen LogP contribution in [-0.2, 0) is 20.1 Å². The third-order valence-electron chi connectivity index (χ3n) is 2.85. The van der Waals surface area contributed by atoms with E-state index in [1.54, 1.807) is 9.36 Å². The molecule has 1 unspecified atom stereocenters. The minimum Gasteiger partial charge on any atom is -0.394 e. The van der Waals surface area contributed by atoms with Gasteiger partial charge >= 0.3 is 0 Å². The summed E-state index contributed by atoms with van der Waals surface area (Å²) in [4.78, 5) is 0. The van der Waals surface area contributed by atoms with E-state index in [2.05, 4.69) is 22.4 Å². The van der Waals surface area contributed by atoms with Gasteiger partial charge < -0.3 is 10.4 Å². The summed E-state index contributed by atoms with van der Waals surface area (Å²) in [5.74, 6) is 0. The molecule has 2 aromatic rings. The smallest absolute Gasteiger partial charge is 0.0640 e. The van der Waals surface area contributed by atoms with Crippen molar-refractivity contribution in [3.05, 3.63) is 35.9 Å². The highest BCUT2D eigenvalue weighted by molar-refractivity contribution is 5.10. The number of hydrogen-bond donors (Lipinski definition) is 2. The van der Waals surface area contributed by atoms with Gasteiger partial charge in [0.05, 0.1) is 25.5 Å².